The Morgan fingerprint density at radius 1 is 1.10 bits per heavy atom. The number of carbonyl (C=O) groups excluding carboxylic acids is 1. The lowest BCUT2D eigenvalue weighted by molar-refractivity contribution is -0.148. The summed E-state index contributed by atoms with van der Waals surface area (Å²) in [4.78, 5) is 24.8. The molecule has 0 saturated heterocycles. The number of ether oxygens (including phenoxy) is 3. The van der Waals surface area contributed by atoms with Gasteiger partial charge < -0.3 is 18.6 Å². The van der Waals surface area contributed by atoms with E-state index in [1.54, 1.807) is 49.4 Å². The van der Waals surface area contributed by atoms with Gasteiger partial charge in [-0.15, -0.1) is 0 Å². The van der Waals surface area contributed by atoms with Crippen LogP contribution in [0.15, 0.2) is 63.8 Å². The summed E-state index contributed by atoms with van der Waals surface area (Å²) in [5.41, 5.74) is 1.26. The third-order valence-electron chi connectivity index (χ3n) is 4.93. The average molecular weight is 410 g/mol. The van der Waals surface area contributed by atoms with Crippen molar-refractivity contribution in [2.75, 3.05) is 7.11 Å². The van der Waals surface area contributed by atoms with Gasteiger partial charge in [0.2, 0.25) is 6.10 Å². The van der Waals surface area contributed by atoms with Gasteiger partial charge in [-0.1, -0.05) is 24.3 Å². The van der Waals surface area contributed by atoms with Crippen LogP contribution in [-0.4, -0.2) is 19.2 Å². The number of methoxy groups -OCH3 is 1. The molecule has 7 heteroatoms. The fraction of sp³-hybridized carbons (Fsp3) is 0.217. The molecule has 30 heavy (non-hydrogen) atoms. The van der Waals surface area contributed by atoms with Crippen molar-refractivity contribution in [3.8, 4) is 11.5 Å². The second-order valence-corrected chi connectivity index (χ2v) is 6.95. The van der Waals surface area contributed by atoms with Gasteiger partial charge in [0.1, 0.15) is 29.7 Å². The van der Waals surface area contributed by atoms with Crippen molar-refractivity contribution in [2.24, 2.45) is 0 Å². The second kappa shape index (κ2) is 8.02. The van der Waals surface area contributed by atoms with Gasteiger partial charge >= 0.3 is 11.6 Å². The Labute approximate surface area is 171 Å². The molecule has 1 aliphatic rings. The molecule has 154 valence electrons. The van der Waals surface area contributed by atoms with Crippen molar-refractivity contribution in [1.82, 2.24) is 0 Å². The molecular formula is C23H19FO6. The highest BCUT2D eigenvalue weighted by molar-refractivity contribution is 5.79. The van der Waals surface area contributed by atoms with E-state index in [0.717, 1.165) is 5.56 Å². The van der Waals surface area contributed by atoms with Crippen molar-refractivity contribution in [3.05, 3.63) is 93.3 Å². The molecule has 0 spiro atoms. The number of aryl methyl sites for hydroxylation is 1. The number of esters is 1. The summed E-state index contributed by atoms with van der Waals surface area (Å²) in [6.45, 7) is 1.92. The molecule has 0 amide bonds. The zero-order chi connectivity index (χ0) is 21.3. The molecular weight excluding hydrogens is 391 g/mol. The molecule has 0 saturated carbocycles. The first-order valence-electron chi connectivity index (χ1n) is 9.32. The summed E-state index contributed by atoms with van der Waals surface area (Å²) in [6, 6.07) is 14.6. The van der Waals surface area contributed by atoms with E-state index in [1.807, 2.05) is 0 Å². The van der Waals surface area contributed by atoms with Crippen LogP contribution in [0.3, 0.4) is 0 Å². The van der Waals surface area contributed by atoms with Crippen molar-refractivity contribution >= 4 is 5.97 Å². The predicted molar refractivity (Wildman–Crippen MR) is 105 cm³/mol. The molecule has 2 aromatic carbocycles. The maximum absolute atomic E-state index is 13.0. The van der Waals surface area contributed by atoms with Crippen LogP contribution < -0.4 is 15.1 Å². The molecule has 0 N–H and O–H groups in total. The van der Waals surface area contributed by atoms with Crippen LogP contribution in [-0.2, 0) is 16.1 Å². The van der Waals surface area contributed by atoms with Crippen LogP contribution in [0.5, 0.6) is 11.5 Å². The summed E-state index contributed by atoms with van der Waals surface area (Å²) in [5.74, 6) is -0.233. The Morgan fingerprint density at radius 2 is 1.80 bits per heavy atom. The van der Waals surface area contributed by atoms with Gasteiger partial charge in [0, 0.05) is 6.07 Å². The van der Waals surface area contributed by atoms with E-state index in [9.17, 15) is 14.0 Å². The summed E-state index contributed by atoms with van der Waals surface area (Å²) < 4.78 is 34.5. The molecule has 0 radical (unpaired) electrons. The van der Waals surface area contributed by atoms with E-state index < -0.39 is 23.6 Å². The summed E-state index contributed by atoms with van der Waals surface area (Å²) >= 11 is 0. The Morgan fingerprint density at radius 3 is 2.47 bits per heavy atom. The van der Waals surface area contributed by atoms with Gasteiger partial charge in [-0.05, 0) is 42.3 Å². The predicted octanol–water partition coefficient (Wildman–Crippen LogP) is 3.73. The Balaban J connectivity index is 1.59. The Bertz CT molecular complexity index is 1120. The number of carbonyl (C=O) groups is 1. The Kier molecular flexibility index (Phi) is 5.27. The molecule has 0 aliphatic carbocycles. The monoisotopic (exact) mass is 410 g/mol. The smallest absolute Gasteiger partial charge is 0.348 e. The van der Waals surface area contributed by atoms with Crippen LogP contribution in [0, 0.1) is 12.7 Å². The molecule has 4 rings (SSSR count). The third kappa shape index (κ3) is 3.78. The minimum Gasteiger partial charge on any atom is -0.489 e. The SMILES string of the molecule is COC(=O)C1Oc2cc(C)oc(=O)c2C1c1ccc(OCc2ccc(F)cc2)cc1. The third-order valence-corrected chi connectivity index (χ3v) is 4.93. The van der Waals surface area contributed by atoms with Crippen LogP contribution in [0.4, 0.5) is 4.39 Å². The minimum absolute atomic E-state index is 0.280. The van der Waals surface area contributed by atoms with Gasteiger partial charge in [0.15, 0.2) is 0 Å². The van der Waals surface area contributed by atoms with Crippen LogP contribution in [0.25, 0.3) is 0 Å². The fourth-order valence-corrected chi connectivity index (χ4v) is 3.49. The lowest BCUT2D eigenvalue weighted by atomic mass is 9.89. The highest BCUT2D eigenvalue weighted by Crippen LogP contribution is 2.41. The van der Waals surface area contributed by atoms with Crippen LogP contribution >= 0.6 is 0 Å². The lowest BCUT2D eigenvalue weighted by Gasteiger charge is -2.17. The molecule has 0 bridgehead atoms. The normalized spacial score (nSPS) is 17.2. The number of fused-ring (bicyclic) bond motifs is 1. The zero-order valence-electron chi connectivity index (χ0n) is 16.4. The van der Waals surface area contributed by atoms with Crippen LogP contribution in [0.2, 0.25) is 0 Å². The maximum atomic E-state index is 13.0. The molecule has 2 unspecified atom stereocenters. The van der Waals surface area contributed by atoms with E-state index >= 15 is 0 Å². The van der Waals surface area contributed by atoms with Crippen molar-refractivity contribution < 1.29 is 27.8 Å². The number of hydrogen-bond acceptors (Lipinski definition) is 6. The first-order chi connectivity index (χ1) is 14.5. The van der Waals surface area contributed by atoms with Crippen molar-refractivity contribution in [1.29, 1.82) is 0 Å². The number of hydrogen-bond donors (Lipinski definition) is 0. The molecule has 6 nitrogen and oxygen atoms in total. The molecule has 1 aliphatic heterocycles. The van der Waals surface area contributed by atoms with Gasteiger partial charge in [0.05, 0.1) is 18.6 Å². The first kappa shape index (κ1) is 19.7. The maximum Gasteiger partial charge on any atom is 0.348 e. The molecule has 2 atom stereocenters. The number of rotatable bonds is 5. The van der Waals surface area contributed by atoms with Crippen LogP contribution in [0.1, 0.15) is 28.4 Å². The van der Waals surface area contributed by atoms with E-state index in [4.69, 9.17) is 18.6 Å². The van der Waals surface area contributed by atoms with E-state index in [0.29, 0.717) is 22.8 Å². The lowest BCUT2D eigenvalue weighted by Crippen LogP contribution is -2.31. The van der Waals surface area contributed by atoms with Crippen molar-refractivity contribution in [3.63, 3.8) is 0 Å². The molecule has 0 fully saturated rings. The Hall–Kier alpha value is -3.61. The van der Waals surface area contributed by atoms with E-state index in [2.05, 4.69) is 0 Å². The minimum atomic E-state index is -0.985. The number of halogens is 1. The summed E-state index contributed by atoms with van der Waals surface area (Å²) in [7, 11) is 1.27. The summed E-state index contributed by atoms with van der Waals surface area (Å²) in [5, 5.41) is 0. The van der Waals surface area contributed by atoms with E-state index in [-0.39, 0.29) is 18.0 Å². The molecule has 1 aromatic heterocycles. The fourth-order valence-electron chi connectivity index (χ4n) is 3.49. The van der Waals surface area contributed by atoms with Gasteiger partial charge in [0.25, 0.3) is 0 Å². The topological polar surface area (TPSA) is 75.0 Å². The first-order valence-corrected chi connectivity index (χ1v) is 9.32. The van der Waals surface area contributed by atoms with Gasteiger partial charge in [-0.2, -0.15) is 0 Å². The quantitative estimate of drug-likeness (QED) is 0.597. The molecule has 2 heterocycles. The largest absolute Gasteiger partial charge is 0.489 e. The van der Waals surface area contributed by atoms with E-state index in [1.165, 1.54) is 19.2 Å². The van der Waals surface area contributed by atoms with Gasteiger partial charge in [-0.3, -0.25) is 0 Å². The number of benzene rings is 2. The standard InChI is InChI=1S/C23H19FO6/c1-13-11-18-20(22(25)29-13)19(21(30-18)23(26)27-2)15-5-9-17(10-6-15)28-12-14-3-7-16(24)8-4-14/h3-11,19,21H,12H2,1-2H3. The van der Waals surface area contributed by atoms with Crippen molar-refractivity contribution in [2.45, 2.75) is 25.6 Å². The van der Waals surface area contributed by atoms with Gasteiger partial charge in [-0.25, -0.2) is 14.0 Å². The second-order valence-electron chi connectivity index (χ2n) is 6.95. The highest BCUT2D eigenvalue weighted by atomic mass is 19.1. The molecule has 3 aromatic rings. The highest BCUT2D eigenvalue weighted by Gasteiger charge is 2.44. The zero-order valence-corrected chi connectivity index (χ0v) is 16.4. The average Bonchev–Trinajstić information content (AvgIpc) is 3.13. The summed E-state index contributed by atoms with van der Waals surface area (Å²) in [6.07, 6.45) is -0.985.